The Kier molecular flexibility index (Phi) is 4.75. The van der Waals surface area contributed by atoms with Gasteiger partial charge < -0.3 is 19.7 Å². The van der Waals surface area contributed by atoms with Gasteiger partial charge in [-0.05, 0) is 30.7 Å². The number of nitrogens with zero attached hydrogens (tertiary/aromatic N) is 4. The van der Waals surface area contributed by atoms with Gasteiger partial charge in [-0.1, -0.05) is 5.92 Å². The minimum atomic E-state index is -0.446. The van der Waals surface area contributed by atoms with Crippen molar-refractivity contribution in [3.8, 4) is 29.4 Å². The second-order valence-electron chi connectivity index (χ2n) is 7.88. The van der Waals surface area contributed by atoms with Crippen LogP contribution >= 0.6 is 0 Å². The van der Waals surface area contributed by atoms with E-state index >= 15 is 0 Å². The van der Waals surface area contributed by atoms with Gasteiger partial charge in [-0.3, -0.25) is 4.79 Å². The van der Waals surface area contributed by atoms with E-state index < -0.39 is 6.10 Å². The Morgan fingerprint density at radius 2 is 2.23 bits per heavy atom. The van der Waals surface area contributed by atoms with Crippen molar-refractivity contribution in [3.05, 3.63) is 41.7 Å². The predicted molar refractivity (Wildman–Crippen MR) is 116 cm³/mol. The van der Waals surface area contributed by atoms with Gasteiger partial charge in [0.1, 0.15) is 12.7 Å². The molecule has 2 atom stereocenters. The molecule has 3 aromatic rings. The largest absolute Gasteiger partial charge is 0.475 e. The highest BCUT2D eigenvalue weighted by molar-refractivity contribution is 5.84. The summed E-state index contributed by atoms with van der Waals surface area (Å²) in [7, 11) is 1.57. The predicted octanol–water partition coefficient (Wildman–Crippen LogP) is 2.11. The topological polar surface area (TPSA) is 81.0 Å². The van der Waals surface area contributed by atoms with Gasteiger partial charge in [-0.2, -0.15) is 10.1 Å². The first-order valence-electron chi connectivity index (χ1n) is 10.2. The third-order valence-corrected chi connectivity index (χ3v) is 5.90. The summed E-state index contributed by atoms with van der Waals surface area (Å²) in [5, 5.41) is 7.86. The van der Waals surface area contributed by atoms with Gasteiger partial charge in [0.25, 0.3) is 5.91 Å². The lowest BCUT2D eigenvalue weighted by Crippen LogP contribution is -2.41. The first kappa shape index (κ1) is 19.4. The third-order valence-electron chi connectivity index (χ3n) is 5.90. The summed E-state index contributed by atoms with van der Waals surface area (Å²) in [4.78, 5) is 19.4. The molecular formula is C23H23N5O3. The Bertz CT molecular complexity index is 1210. The number of hydrogen-bond acceptors (Lipinski definition) is 6. The Labute approximate surface area is 180 Å². The monoisotopic (exact) mass is 417 g/mol. The molecular weight excluding hydrogens is 394 g/mol. The number of aromatic nitrogens is 3. The first-order chi connectivity index (χ1) is 15.1. The summed E-state index contributed by atoms with van der Waals surface area (Å²) in [5.41, 5.74) is 4.99. The van der Waals surface area contributed by atoms with Crippen LogP contribution in [0.4, 0.5) is 5.69 Å². The van der Waals surface area contributed by atoms with Crippen molar-refractivity contribution in [1.82, 2.24) is 19.5 Å². The summed E-state index contributed by atoms with van der Waals surface area (Å²) in [6.45, 7) is 3.40. The Morgan fingerprint density at radius 1 is 1.35 bits per heavy atom. The number of ether oxygens (including phenoxy) is 2. The van der Waals surface area contributed by atoms with Gasteiger partial charge in [-0.15, -0.1) is 6.42 Å². The Balaban J connectivity index is 1.62. The number of fused-ring (bicyclic) bond motifs is 5. The molecule has 4 bridgehead atoms. The normalized spacial score (nSPS) is 20.7. The van der Waals surface area contributed by atoms with Crippen molar-refractivity contribution in [3.63, 3.8) is 0 Å². The average Bonchev–Trinajstić information content (AvgIpc) is 3.31. The standard InChI is InChI=1S/C23H23N5O3/c1-4-15-7-16-9-17(8-15)24-5-6-27-18(10-20(30-3)23(27)29)13-31-22-14(2)12-28-21(26-22)19(16)11-25-28/h1,7-9,11-12,18,20,24H,5-6,10,13H2,2-3H3/t18-,20+/m0/s1. The van der Waals surface area contributed by atoms with Gasteiger partial charge in [0.15, 0.2) is 5.65 Å². The number of hydrogen-bond donors (Lipinski definition) is 1. The maximum Gasteiger partial charge on any atom is 0.252 e. The van der Waals surface area contributed by atoms with E-state index in [9.17, 15) is 4.79 Å². The number of carbonyl (C=O) groups is 1. The Hall–Kier alpha value is -3.57. The number of nitrogens with one attached hydrogen (secondary N) is 1. The molecule has 31 heavy (non-hydrogen) atoms. The zero-order chi connectivity index (χ0) is 21.5. The third kappa shape index (κ3) is 3.37. The van der Waals surface area contributed by atoms with Crippen LogP contribution < -0.4 is 10.1 Å². The maximum absolute atomic E-state index is 12.8. The van der Waals surface area contributed by atoms with Crippen molar-refractivity contribution in [2.24, 2.45) is 0 Å². The van der Waals surface area contributed by atoms with Crippen molar-refractivity contribution >= 4 is 17.2 Å². The average molecular weight is 417 g/mol. The molecule has 5 rings (SSSR count). The zero-order valence-electron chi connectivity index (χ0n) is 17.5. The fraction of sp³-hybridized carbons (Fsp3) is 0.348. The highest BCUT2D eigenvalue weighted by atomic mass is 16.5. The molecule has 0 spiro atoms. The van der Waals surface area contributed by atoms with E-state index in [0.717, 1.165) is 27.9 Å². The summed E-state index contributed by atoms with van der Waals surface area (Å²) in [6, 6.07) is 5.80. The van der Waals surface area contributed by atoms with Gasteiger partial charge in [-0.25, -0.2) is 4.52 Å². The zero-order valence-corrected chi connectivity index (χ0v) is 17.5. The van der Waals surface area contributed by atoms with E-state index in [0.29, 0.717) is 37.6 Å². The molecule has 8 heteroatoms. The fourth-order valence-electron chi connectivity index (χ4n) is 4.29. The molecule has 0 saturated carbocycles. The number of methoxy groups -OCH3 is 1. The number of aryl methyl sites for hydroxylation is 1. The van der Waals surface area contributed by atoms with Crippen molar-refractivity contribution in [2.75, 3.05) is 32.1 Å². The lowest BCUT2D eigenvalue weighted by Gasteiger charge is -2.25. The van der Waals surface area contributed by atoms with Gasteiger partial charge in [0.05, 0.1) is 12.2 Å². The molecule has 2 aliphatic rings. The molecule has 0 unspecified atom stereocenters. The number of rotatable bonds is 1. The quantitative estimate of drug-likeness (QED) is 0.611. The second-order valence-corrected chi connectivity index (χ2v) is 7.88. The van der Waals surface area contributed by atoms with E-state index in [1.807, 2.05) is 36.2 Å². The Morgan fingerprint density at radius 3 is 3.03 bits per heavy atom. The van der Waals surface area contributed by atoms with Crippen LogP contribution in [0.15, 0.2) is 30.6 Å². The van der Waals surface area contributed by atoms with E-state index in [1.165, 1.54) is 0 Å². The SMILES string of the molecule is C#Cc1cc2cc(c1)-c1cnn3cc(C)c(nc13)OC[C@@H]1C[C@@H](OC)C(=O)N1CCN2. The van der Waals surface area contributed by atoms with Gasteiger partial charge in [0.2, 0.25) is 5.88 Å². The molecule has 158 valence electrons. The highest BCUT2D eigenvalue weighted by Gasteiger charge is 2.39. The minimum Gasteiger partial charge on any atom is -0.475 e. The van der Waals surface area contributed by atoms with Crippen LogP contribution in [0.25, 0.3) is 16.8 Å². The van der Waals surface area contributed by atoms with Crippen molar-refractivity contribution in [1.29, 1.82) is 0 Å². The molecule has 0 radical (unpaired) electrons. The summed E-state index contributed by atoms with van der Waals surface area (Å²) in [5.74, 6) is 3.24. The van der Waals surface area contributed by atoms with Crippen LogP contribution in [0.5, 0.6) is 5.88 Å². The summed E-state index contributed by atoms with van der Waals surface area (Å²) >= 11 is 0. The molecule has 1 N–H and O–H groups in total. The number of benzene rings is 1. The van der Waals surface area contributed by atoms with Crippen molar-refractivity contribution in [2.45, 2.75) is 25.5 Å². The molecule has 8 nitrogen and oxygen atoms in total. The summed E-state index contributed by atoms with van der Waals surface area (Å²) in [6.07, 6.45) is 9.53. The van der Waals surface area contributed by atoms with Gasteiger partial charge in [0, 0.05) is 55.2 Å². The first-order valence-corrected chi connectivity index (χ1v) is 10.2. The fourth-order valence-corrected chi connectivity index (χ4v) is 4.29. The molecule has 0 aliphatic carbocycles. The minimum absolute atomic E-state index is 0.0127. The number of anilines is 1. The second kappa shape index (κ2) is 7.60. The number of amides is 1. The molecule has 1 aromatic carbocycles. The lowest BCUT2D eigenvalue weighted by atomic mass is 10.0. The molecule has 1 saturated heterocycles. The maximum atomic E-state index is 12.8. The van der Waals surface area contributed by atoms with Gasteiger partial charge >= 0.3 is 0 Å². The molecule has 2 aromatic heterocycles. The van der Waals surface area contributed by atoms with Crippen LogP contribution in [0.2, 0.25) is 0 Å². The van der Waals surface area contributed by atoms with Crippen LogP contribution in [-0.2, 0) is 9.53 Å². The van der Waals surface area contributed by atoms with Crippen molar-refractivity contribution < 1.29 is 14.3 Å². The van der Waals surface area contributed by atoms with Crippen LogP contribution in [0.3, 0.4) is 0 Å². The van der Waals surface area contributed by atoms with E-state index in [-0.39, 0.29) is 11.9 Å². The van der Waals surface area contributed by atoms with Crippen LogP contribution in [0.1, 0.15) is 17.5 Å². The highest BCUT2D eigenvalue weighted by Crippen LogP contribution is 2.30. The smallest absolute Gasteiger partial charge is 0.252 e. The summed E-state index contributed by atoms with van der Waals surface area (Å²) < 4.78 is 13.2. The molecule has 1 fully saturated rings. The van der Waals surface area contributed by atoms with Crippen LogP contribution in [0, 0.1) is 19.3 Å². The molecule has 4 heterocycles. The number of terminal acetylenes is 1. The van der Waals surface area contributed by atoms with E-state index in [1.54, 1.807) is 17.8 Å². The van der Waals surface area contributed by atoms with E-state index in [4.69, 9.17) is 20.9 Å². The molecule has 2 aliphatic heterocycles. The number of carbonyl (C=O) groups excluding carboxylic acids is 1. The van der Waals surface area contributed by atoms with Crippen LogP contribution in [-0.4, -0.2) is 64.4 Å². The van der Waals surface area contributed by atoms with E-state index in [2.05, 4.69) is 16.3 Å². The molecule has 1 amide bonds. The lowest BCUT2D eigenvalue weighted by molar-refractivity contribution is -0.136.